The fourth-order valence-corrected chi connectivity index (χ4v) is 4.84. The van der Waals surface area contributed by atoms with Gasteiger partial charge in [0.15, 0.2) is 11.0 Å². The molecular weight excluding hydrogens is 454 g/mol. The summed E-state index contributed by atoms with van der Waals surface area (Å²) >= 11 is 2.59. The number of rotatable bonds is 7. The van der Waals surface area contributed by atoms with Crippen LogP contribution in [0.1, 0.15) is 33.7 Å². The van der Waals surface area contributed by atoms with Crippen LogP contribution in [0.3, 0.4) is 0 Å². The molecule has 0 atom stereocenters. The molecule has 162 valence electrons. The van der Waals surface area contributed by atoms with Crippen molar-refractivity contribution in [2.24, 2.45) is 0 Å². The summed E-state index contributed by atoms with van der Waals surface area (Å²) in [5, 5.41) is 20.7. The molecule has 1 aliphatic rings. The third-order valence-electron chi connectivity index (χ3n) is 4.78. The highest BCUT2D eigenvalue weighted by atomic mass is 32.2. The summed E-state index contributed by atoms with van der Waals surface area (Å²) in [6, 6.07) is 12.3. The van der Waals surface area contributed by atoms with Crippen LogP contribution in [0.2, 0.25) is 0 Å². The molecule has 0 saturated heterocycles. The number of benzene rings is 2. The van der Waals surface area contributed by atoms with Crippen molar-refractivity contribution in [3.8, 4) is 11.4 Å². The number of hydrogen-bond acceptors (Lipinski definition) is 7. The minimum Gasteiger partial charge on any atom is -0.320 e. The molecule has 1 aliphatic carbocycles. The Bertz CT molecular complexity index is 1270. The van der Waals surface area contributed by atoms with Gasteiger partial charge in [0.05, 0.1) is 11.3 Å². The lowest BCUT2D eigenvalue weighted by atomic mass is 10.2. The number of anilines is 1. The van der Waals surface area contributed by atoms with Crippen LogP contribution in [0, 0.1) is 11.6 Å². The average Bonchev–Trinajstić information content (AvgIpc) is 3.36. The lowest BCUT2D eigenvalue weighted by molar-refractivity contribution is 0.102. The molecule has 11 heteroatoms. The lowest BCUT2D eigenvalue weighted by Gasteiger charge is -2.08. The third kappa shape index (κ3) is 4.39. The molecule has 2 heterocycles. The van der Waals surface area contributed by atoms with E-state index in [-0.39, 0.29) is 22.7 Å². The van der Waals surface area contributed by atoms with Crippen molar-refractivity contribution < 1.29 is 13.6 Å². The molecule has 0 spiro atoms. The van der Waals surface area contributed by atoms with Gasteiger partial charge >= 0.3 is 0 Å². The summed E-state index contributed by atoms with van der Waals surface area (Å²) in [6.07, 6.45) is 2.00. The van der Waals surface area contributed by atoms with Gasteiger partial charge in [0, 0.05) is 11.7 Å². The zero-order valence-electron chi connectivity index (χ0n) is 16.5. The molecule has 7 nitrogen and oxygen atoms in total. The van der Waals surface area contributed by atoms with E-state index in [1.165, 1.54) is 53.4 Å². The minimum absolute atomic E-state index is 0.209. The number of amides is 1. The van der Waals surface area contributed by atoms with Crippen molar-refractivity contribution in [1.82, 2.24) is 25.0 Å². The quantitative estimate of drug-likeness (QED) is 0.385. The van der Waals surface area contributed by atoms with Gasteiger partial charge in [-0.3, -0.25) is 9.36 Å². The first kappa shape index (κ1) is 20.7. The van der Waals surface area contributed by atoms with Crippen LogP contribution in [0.25, 0.3) is 11.4 Å². The van der Waals surface area contributed by atoms with Crippen LogP contribution in [0.4, 0.5) is 14.5 Å². The number of aromatic nitrogens is 5. The van der Waals surface area contributed by atoms with Crippen molar-refractivity contribution in [3.05, 3.63) is 70.2 Å². The predicted molar refractivity (Wildman–Crippen MR) is 118 cm³/mol. The van der Waals surface area contributed by atoms with Gasteiger partial charge in [0.25, 0.3) is 5.91 Å². The van der Waals surface area contributed by atoms with E-state index in [0.29, 0.717) is 33.0 Å². The minimum atomic E-state index is -0.409. The Morgan fingerprint density at radius 1 is 1.06 bits per heavy atom. The van der Waals surface area contributed by atoms with Gasteiger partial charge in [-0.15, -0.1) is 20.4 Å². The number of carbonyl (C=O) groups is 1. The van der Waals surface area contributed by atoms with Gasteiger partial charge < -0.3 is 5.32 Å². The Kier molecular flexibility index (Phi) is 5.66. The number of carbonyl (C=O) groups excluding carboxylic acids is 1. The van der Waals surface area contributed by atoms with Crippen LogP contribution in [-0.2, 0) is 5.75 Å². The molecule has 5 rings (SSSR count). The Morgan fingerprint density at radius 2 is 1.84 bits per heavy atom. The summed E-state index contributed by atoms with van der Waals surface area (Å²) in [6.45, 7) is 0. The third-order valence-corrected chi connectivity index (χ3v) is 6.84. The highest BCUT2D eigenvalue weighted by molar-refractivity contribution is 7.98. The summed E-state index contributed by atoms with van der Waals surface area (Å²) in [4.78, 5) is 12.4. The average molecular weight is 471 g/mol. The van der Waals surface area contributed by atoms with Crippen LogP contribution >= 0.6 is 23.1 Å². The Hall–Kier alpha value is -3.18. The molecule has 1 amide bonds. The van der Waals surface area contributed by atoms with E-state index in [1.54, 1.807) is 18.2 Å². The Balaban J connectivity index is 1.29. The maximum Gasteiger partial charge on any atom is 0.286 e. The van der Waals surface area contributed by atoms with Gasteiger partial charge in [-0.25, -0.2) is 8.78 Å². The topological polar surface area (TPSA) is 85.6 Å². The summed E-state index contributed by atoms with van der Waals surface area (Å²) < 4.78 is 29.3. The molecule has 0 radical (unpaired) electrons. The van der Waals surface area contributed by atoms with Crippen LogP contribution in [-0.4, -0.2) is 30.9 Å². The molecule has 2 aromatic heterocycles. The van der Waals surface area contributed by atoms with Crippen LogP contribution in [0.15, 0.2) is 53.7 Å². The first-order chi connectivity index (χ1) is 15.6. The second kappa shape index (κ2) is 8.75. The van der Waals surface area contributed by atoms with E-state index in [4.69, 9.17) is 0 Å². The number of hydrogen-bond donors (Lipinski definition) is 1. The van der Waals surface area contributed by atoms with Crippen molar-refractivity contribution in [3.63, 3.8) is 0 Å². The Labute approximate surface area is 189 Å². The summed E-state index contributed by atoms with van der Waals surface area (Å²) in [7, 11) is 0. The summed E-state index contributed by atoms with van der Waals surface area (Å²) in [5.41, 5.74) is 0.898. The fraction of sp³-hybridized carbons (Fsp3) is 0.190. The molecule has 0 bridgehead atoms. The molecule has 32 heavy (non-hydrogen) atoms. The van der Waals surface area contributed by atoms with Crippen molar-refractivity contribution >= 4 is 34.7 Å². The van der Waals surface area contributed by atoms with E-state index < -0.39 is 5.91 Å². The molecule has 4 aromatic rings. The van der Waals surface area contributed by atoms with Gasteiger partial charge in [-0.2, -0.15) is 0 Å². The molecule has 0 aliphatic heterocycles. The molecule has 0 unspecified atom stereocenters. The SMILES string of the molecule is O=C(Nc1ccc(F)cc1)c1nnc(CSc2nnc(-c3ccccc3F)n2C2CC2)s1. The molecule has 1 N–H and O–H groups in total. The van der Waals surface area contributed by atoms with Crippen LogP contribution < -0.4 is 5.32 Å². The van der Waals surface area contributed by atoms with Gasteiger partial charge in [0.2, 0.25) is 5.01 Å². The lowest BCUT2D eigenvalue weighted by Crippen LogP contribution is -2.11. The number of halogens is 2. The zero-order valence-corrected chi connectivity index (χ0v) is 18.2. The van der Waals surface area contributed by atoms with Crippen molar-refractivity contribution in [2.75, 3.05) is 5.32 Å². The van der Waals surface area contributed by atoms with Crippen molar-refractivity contribution in [1.29, 1.82) is 0 Å². The largest absolute Gasteiger partial charge is 0.320 e. The van der Waals surface area contributed by atoms with Crippen molar-refractivity contribution in [2.45, 2.75) is 29.8 Å². The second-order valence-electron chi connectivity index (χ2n) is 7.14. The van der Waals surface area contributed by atoms with E-state index in [9.17, 15) is 13.6 Å². The standard InChI is InChI=1S/C21H16F2N6OS2/c22-12-5-7-13(8-6-12)24-19(30)20-27-25-17(32-20)11-31-21-28-26-18(29(21)14-9-10-14)15-3-1-2-4-16(15)23/h1-8,14H,9-11H2,(H,24,30). The normalized spacial score (nSPS) is 13.3. The fourth-order valence-electron chi connectivity index (χ4n) is 3.11. The highest BCUT2D eigenvalue weighted by Gasteiger charge is 2.31. The summed E-state index contributed by atoms with van der Waals surface area (Å²) in [5.74, 6) is -0.156. The van der Waals surface area contributed by atoms with Crippen LogP contribution in [0.5, 0.6) is 0 Å². The maximum absolute atomic E-state index is 14.3. The van der Waals surface area contributed by atoms with E-state index >= 15 is 0 Å². The molecular formula is C21H16F2N6OS2. The predicted octanol–water partition coefficient (Wildman–Crippen LogP) is 4.95. The van der Waals surface area contributed by atoms with Gasteiger partial charge in [-0.05, 0) is 49.2 Å². The molecule has 2 aromatic carbocycles. The molecule has 1 fully saturated rings. The first-order valence-corrected chi connectivity index (χ1v) is 11.6. The van der Waals surface area contributed by atoms with E-state index in [0.717, 1.165) is 12.8 Å². The number of nitrogens with zero attached hydrogens (tertiary/aromatic N) is 5. The zero-order chi connectivity index (χ0) is 22.1. The number of nitrogens with one attached hydrogen (secondary N) is 1. The Morgan fingerprint density at radius 3 is 2.59 bits per heavy atom. The molecule has 1 saturated carbocycles. The van der Waals surface area contributed by atoms with Gasteiger partial charge in [0.1, 0.15) is 16.6 Å². The highest BCUT2D eigenvalue weighted by Crippen LogP contribution is 2.42. The van der Waals surface area contributed by atoms with E-state index in [2.05, 4.69) is 25.7 Å². The smallest absolute Gasteiger partial charge is 0.286 e. The van der Waals surface area contributed by atoms with Gasteiger partial charge in [-0.1, -0.05) is 35.2 Å². The van der Waals surface area contributed by atoms with E-state index in [1.807, 2.05) is 4.57 Å². The second-order valence-corrected chi connectivity index (χ2v) is 9.14. The monoisotopic (exact) mass is 470 g/mol. The number of thioether (sulfide) groups is 1. The first-order valence-electron chi connectivity index (χ1n) is 9.80. The maximum atomic E-state index is 14.3.